The molecule has 2 aromatic carbocycles. The first kappa shape index (κ1) is 21.6. The van der Waals surface area contributed by atoms with E-state index in [1.165, 1.54) is 0 Å². The Hall–Kier alpha value is -2.73. The lowest BCUT2D eigenvalue weighted by molar-refractivity contribution is -0.121. The van der Waals surface area contributed by atoms with Gasteiger partial charge >= 0.3 is 0 Å². The summed E-state index contributed by atoms with van der Waals surface area (Å²) in [6.07, 6.45) is 0.933. The molecule has 2 amide bonds. The third kappa shape index (κ3) is 6.78. The van der Waals surface area contributed by atoms with Crippen molar-refractivity contribution in [2.24, 2.45) is 0 Å². The van der Waals surface area contributed by atoms with Crippen LogP contribution in [0.1, 0.15) is 29.3 Å². The summed E-state index contributed by atoms with van der Waals surface area (Å²) >= 11 is 5.87. The molecule has 0 aliphatic heterocycles. The standard InChI is InChI=1S/C21H25ClN2O4/c1-3-28-18-9-7-15(13-19(18)27-2)8-10-20(25)23-11-12-24-21(26)16-5-4-6-17(22)14-16/h4-7,9,13-14H,3,8,10-12H2,1-2H3,(H,23,25)(H,24,26). The van der Waals surface area contributed by atoms with Gasteiger partial charge in [-0.25, -0.2) is 0 Å². The predicted molar refractivity (Wildman–Crippen MR) is 109 cm³/mol. The lowest BCUT2D eigenvalue weighted by Gasteiger charge is -2.11. The molecule has 0 aromatic heterocycles. The van der Waals surface area contributed by atoms with Gasteiger partial charge in [-0.05, 0) is 49.2 Å². The molecule has 0 saturated carbocycles. The number of amides is 2. The van der Waals surface area contributed by atoms with Gasteiger partial charge in [-0.3, -0.25) is 9.59 Å². The van der Waals surface area contributed by atoms with E-state index in [1.807, 2.05) is 25.1 Å². The Bertz CT molecular complexity index is 811. The molecule has 0 aliphatic rings. The van der Waals surface area contributed by atoms with Crippen LogP contribution in [0.25, 0.3) is 0 Å². The number of benzene rings is 2. The number of rotatable bonds is 10. The van der Waals surface area contributed by atoms with E-state index in [1.54, 1.807) is 31.4 Å². The first-order valence-corrected chi connectivity index (χ1v) is 9.51. The Morgan fingerprint density at radius 3 is 2.54 bits per heavy atom. The van der Waals surface area contributed by atoms with Crippen LogP contribution >= 0.6 is 11.6 Å². The Balaban J connectivity index is 1.71. The monoisotopic (exact) mass is 404 g/mol. The summed E-state index contributed by atoms with van der Waals surface area (Å²) in [5.74, 6) is 1.04. The lowest BCUT2D eigenvalue weighted by Crippen LogP contribution is -2.34. The summed E-state index contributed by atoms with van der Waals surface area (Å²) in [5.41, 5.74) is 1.48. The number of methoxy groups -OCH3 is 1. The zero-order valence-corrected chi connectivity index (χ0v) is 16.8. The lowest BCUT2D eigenvalue weighted by atomic mass is 10.1. The van der Waals surface area contributed by atoms with Crippen LogP contribution in [0.4, 0.5) is 0 Å². The minimum Gasteiger partial charge on any atom is -0.493 e. The maximum absolute atomic E-state index is 12.0. The molecule has 0 saturated heterocycles. The van der Waals surface area contributed by atoms with E-state index in [4.69, 9.17) is 21.1 Å². The van der Waals surface area contributed by atoms with Gasteiger partial charge in [-0.15, -0.1) is 0 Å². The molecule has 0 atom stereocenters. The second kappa shape index (κ2) is 11.2. The summed E-state index contributed by atoms with van der Waals surface area (Å²) in [7, 11) is 1.59. The Kier molecular flexibility index (Phi) is 8.62. The Morgan fingerprint density at radius 2 is 1.82 bits per heavy atom. The van der Waals surface area contributed by atoms with Gasteiger partial charge in [-0.1, -0.05) is 23.7 Å². The fourth-order valence-electron chi connectivity index (χ4n) is 2.60. The van der Waals surface area contributed by atoms with Crippen molar-refractivity contribution in [3.63, 3.8) is 0 Å². The van der Waals surface area contributed by atoms with Crippen LogP contribution in [0.5, 0.6) is 11.5 Å². The molecule has 0 bridgehead atoms. The van der Waals surface area contributed by atoms with Crippen LogP contribution in [-0.4, -0.2) is 38.6 Å². The summed E-state index contributed by atoms with van der Waals surface area (Å²) in [6, 6.07) is 12.4. The number of hydrogen-bond acceptors (Lipinski definition) is 4. The van der Waals surface area contributed by atoms with Gasteiger partial charge in [0.15, 0.2) is 11.5 Å². The van der Waals surface area contributed by atoms with Crippen LogP contribution in [0.15, 0.2) is 42.5 Å². The Labute approximate surface area is 170 Å². The number of carbonyl (C=O) groups is 2. The average Bonchev–Trinajstić information content (AvgIpc) is 2.70. The molecule has 2 N–H and O–H groups in total. The quantitative estimate of drug-likeness (QED) is 0.596. The van der Waals surface area contributed by atoms with Crippen LogP contribution in [0.2, 0.25) is 5.02 Å². The first-order valence-electron chi connectivity index (χ1n) is 9.13. The normalized spacial score (nSPS) is 10.2. The third-order valence-electron chi connectivity index (χ3n) is 3.99. The number of ether oxygens (including phenoxy) is 2. The van der Waals surface area contributed by atoms with Crippen molar-refractivity contribution >= 4 is 23.4 Å². The van der Waals surface area contributed by atoms with Crippen molar-refractivity contribution in [1.29, 1.82) is 0 Å². The second-order valence-corrected chi connectivity index (χ2v) is 6.47. The van der Waals surface area contributed by atoms with E-state index < -0.39 is 0 Å². The highest BCUT2D eigenvalue weighted by Gasteiger charge is 2.08. The van der Waals surface area contributed by atoms with Gasteiger partial charge in [0.1, 0.15) is 0 Å². The average molecular weight is 405 g/mol. The highest BCUT2D eigenvalue weighted by atomic mass is 35.5. The summed E-state index contributed by atoms with van der Waals surface area (Å²) in [6.45, 7) is 3.17. The van der Waals surface area contributed by atoms with Gasteiger partial charge in [0, 0.05) is 30.1 Å². The first-order chi connectivity index (χ1) is 13.5. The van der Waals surface area contributed by atoms with Gasteiger partial charge in [-0.2, -0.15) is 0 Å². The van der Waals surface area contributed by atoms with Gasteiger partial charge < -0.3 is 20.1 Å². The summed E-state index contributed by atoms with van der Waals surface area (Å²) in [5, 5.41) is 6.05. The number of hydrogen-bond donors (Lipinski definition) is 2. The van der Waals surface area contributed by atoms with Crippen molar-refractivity contribution in [2.45, 2.75) is 19.8 Å². The van der Waals surface area contributed by atoms with E-state index in [0.29, 0.717) is 54.6 Å². The van der Waals surface area contributed by atoms with Gasteiger partial charge in [0.05, 0.1) is 13.7 Å². The number of aryl methyl sites for hydroxylation is 1. The van der Waals surface area contributed by atoms with Crippen LogP contribution < -0.4 is 20.1 Å². The minimum absolute atomic E-state index is 0.0788. The maximum atomic E-state index is 12.0. The van der Waals surface area contributed by atoms with Crippen molar-refractivity contribution in [2.75, 3.05) is 26.8 Å². The molecule has 150 valence electrons. The van der Waals surface area contributed by atoms with E-state index in [0.717, 1.165) is 5.56 Å². The molecule has 28 heavy (non-hydrogen) atoms. The zero-order chi connectivity index (χ0) is 20.4. The largest absolute Gasteiger partial charge is 0.493 e. The SMILES string of the molecule is CCOc1ccc(CCC(=O)NCCNC(=O)c2cccc(Cl)c2)cc1OC. The number of carbonyl (C=O) groups excluding carboxylic acids is 2. The third-order valence-corrected chi connectivity index (χ3v) is 4.22. The fourth-order valence-corrected chi connectivity index (χ4v) is 2.79. The van der Waals surface area contributed by atoms with Crippen LogP contribution in [0.3, 0.4) is 0 Å². The molecule has 0 fully saturated rings. The highest BCUT2D eigenvalue weighted by Crippen LogP contribution is 2.28. The van der Waals surface area contributed by atoms with E-state index in [2.05, 4.69) is 10.6 Å². The summed E-state index contributed by atoms with van der Waals surface area (Å²) < 4.78 is 10.8. The van der Waals surface area contributed by atoms with Crippen molar-refractivity contribution < 1.29 is 19.1 Å². The Morgan fingerprint density at radius 1 is 1.04 bits per heavy atom. The highest BCUT2D eigenvalue weighted by molar-refractivity contribution is 6.30. The van der Waals surface area contributed by atoms with Gasteiger partial charge in [0.2, 0.25) is 5.91 Å². The van der Waals surface area contributed by atoms with Crippen molar-refractivity contribution in [1.82, 2.24) is 10.6 Å². The molecule has 0 unspecified atom stereocenters. The molecule has 6 nitrogen and oxygen atoms in total. The van der Waals surface area contributed by atoms with E-state index in [-0.39, 0.29) is 11.8 Å². The predicted octanol–water partition coefficient (Wildman–Crippen LogP) is 3.23. The van der Waals surface area contributed by atoms with Crippen LogP contribution in [-0.2, 0) is 11.2 Å². The van der Waals surface area contributed by atoms with Crippen molar-refractivity contribution in [3.8, 4) is 11.5 Å². The maximum Gasteiger partial charge on any atom is 0.251 e. The molecule has 0 heterocycles. The molecule has 2 aromatic rings. The van der Waals surface area contributed by atoms with E-state index in [9.17, 15) is 9.59 Å². The fraction of sp³-hybridized carbons (Fsp3) is 0.333. The molecular weight excluding hydrogens is 380 g/mol. The molecule has 0 radical (unpaired) electrons. The van der Waals surface area contributed by atoms with Gasteiger partial charge in [0.25, 0.3) is 5.91 Å². The molecule has 0 spiro atoms. The van der Waals surface area contributed by atoms with Crippen molar-refractivity contribution in [3.05, 3.63) is 58.6 Å². The molecular formula is C21H25ClN2O4. The summed E-state index contributed by atoms with van der Waals surface area (Å²) in [4.78, 5) is 24.0. The number of nitrogens with one attached hydrogen (secondary N) is 2. The minimum atomic E-state index is -0.224. The molecule has 7 heteroatoms. The second-order valence-electron chi connectivity index (χ2n) is 6.03. The van der Waals surface area contributed by atoms with E-state index >= 15 is 0 Å². The smallest absolute Gasteiger partial charge is 0.251 e. The zero-order valence-electron chi connectivity index (χ0n) is 16.1. The molecule has 2 rings (SSSR count). The number of halogens is 1. The topological polar surface area (TPSA) is 76.7 Å². The molecule has 0 aliphatic carbocycles. The van der Waals surface area contributed by atoms with Crippen LogP contribution in [0, 0.1) is 0 Å².